The van der Waals surface area contributed by atoms with Crippen LogP contribution in [0.15, 0.2) is 48.7 Å². The van der Waals surface area contributed by atoms with E-state index in [0.717, 1.165) is 58.7 Å². The van der Waals surface area contributed by atoms with Gasteiger partial charge < -0.3 is 18.8 Å². The number of rotatable bonds is 7. The zero-order chi connectivity index (χ0) is 28.3. The number of aromatic nitrogens is 5. The monoisotopic (exact) mass is 560 g/mol. The number of imidazole rings is 1. The zero-order valence-corrected chi connectivity index (χ0v) is 24.5. The van der Waals surface area contributed by atoms with Crippen LogP contribution in [-0.2, 0) is 20.1 Å². The molecule has 3 saturated carbocycles. The summed E-state index contributed by atoms with van der Waals surface area (Å²) in [4.78, 5) is 21.4. The third kappa shape index (κ3) is 3.50. The van der Waals surface area contributed by atoms with E-state index in [1.807, 2.05) is 23.9 Å². The number of carbonyl (C=O) groups excluding carboxylic acids is 1. The first-order valence-electron chi connectivity index (χ1n) is 15.4. The lowest BCUT2D eigenvalue weighted by Crippen LogP contribution is -2.53. The quantitative estimate of drug-likeness (QED) is 0.258. The number of amides is 1. The second kappa shape index (κ2) is 8.72. The summed E-state index contributed by atoms with van der Waals surface area (Å²) in [5.74, 6) is 4.70. The van der Waals surface area contributed by atoms with E-state index in [4.69, 9.17) is 9.72 Å². The Morgan fingerprint density at radius 2 is 1.93 bits per heavy atom. The molecule has 4 heterocycles. The second-order valence-electron chi connectivity index (χ2n) is 13.2. The molecule has 9 rings (SSSR count). The Labute approximate surface area is 244 Å². The summed E-state index contributed by atoms with van der Waals surface area (Å²) in [6.45, 7) is 4.55. The molecule has 3 aromatic heterocycles. The standard InChI is InChI=1S/C34H36N6O2/c1-19-25(16-37(2)36-19)18-40-32-26(35-33(40)29-12-21-6-4-5-7-27(21)38(29)15-20-8-9-20)11-23(14-30(32)42-3)34(41)39-17-24-10-22-13-28(39)31(22)24/h4-7,11-12,14,16,20,22,24,28,31H,8-10,13,15,17-18H2,1-3H3/t22?,24?,28?,31-/m1/s1. The number of benzene rings is 2. The SMILES string of the molecule is COc1cc(C(=O)N2CC3CC4CC2[C@H]43)cc2nc(-c3cc4ccccc4n3CC3CC3)n(Cc3cn(C)nc3C)c12. The van der Waals surface area contributed by atoms with Crippen molar-refractivity contribution in [3.8, 4) is 17.3 Å². The number of hydrogen-bond donors (Lipinski definition) is 0. The Balaban J connectivity index is 1.23. The molecule has 5 aromatic rings. The van der Waals surface area contributed by atoms with Gasteiger partial charge in [0, 0.05) is 54.4 Å². The molecule has 1 amide bonds. The van der Waals surface area contributed by atoms with Gasteiger partial charge in [-0.1, -0.05) is 18.2 Å². The first kappa shape index (κ1) is 24.5. The van der Waals surface area contributed by atoms with Crippen LogP contribution in [0.4, 0.5) is 0 Å². The van der Waals surface area contributed by atoms with Crippen molar-refractivity contribution < 1.29 is 9.53 Å². The van der Waals surface area contributed by atoms with Gasteiger partial charge in [0.2, 0.25) is 0 Å². The molecular formula is C34H36N6O2. The van der Waals surface area contributed by atoms with Crippen molar-refractivity contribution in [2.45, 2.75) is 51.7 Å². The molecule has 8 nitrogen and oxygen atoms in total. The van der Waals surface area contributed by atoms with Crippen LogP contribution in [-0.4, -0.2) is 54.4 Å². The molecule has 42 heavy (non-hydrogen) atoms. The normalized spacial score (nSPS) is 24.2. The highest BCUT2D eigenvalue weighted by molar-refractivity contribution is 6.00. The van der Waals surface area contributed by atoms with Crippen LogP contribution in [0.1, 0.15) is 47.3 Å². The molecule has 3 aliphatic carbocycles. The number of hydrogen-bond acceptors (Lipinski definition) is 4. The minimum atomic E-state index is 0.120. The van der Waals surface area contributed by atoms with Crippen molar-refractivity contribution in [3.63, 3.8) is 0 Å². The second-order valence-corrected chi connectivity index (χ2v) is 13.2. The van der Waals surface area contributed by atoms with Crippen molar-refractivity contribution >= 4 is 27.8 Å². The van der Waals surface area contributed by atoms with Gasteiger partial charge in [-0.2, -0.15) is 5.10 Å². The average Bonchev–Trinajstić information content (AvgIpc) is 3.50. The summed E-state index contributed by atoms with van der Waals surface area (Å²) >= 11 is 0. The van der Waals surface area contributed by atoms with E-state index >= 15 is 0 Å². The summed E-state index contributed by atoms with van der Waals surface area (Å²) in [6, 6.07) is 15.3. The van der Waals surface area contributed by atoms with E-state index in [0.29, 0.717) is 35.7 Å². The fourth-order valence-electron chi connectivity index (χ4n) is 8.35. The predicted octanol–water partition coefficient (Wildman–Crippen LogP) is 5.65. The summed E-state index contributed by atoms with van der Waals surface area (Å²) in [5, 5.41) is 5.84. The summed E-state index contributed by atoms with van der Waals surface area (Å²) in [5.41, 5.74) is 6.87. The van der Waals surface area contributed by atoms with Gasteiger partial charge >= 0.3 is 0 Å². The Bertz CT molecular complexity index is 1910. The van der Waals surface area contributed by atoms with Crippen LogP contribution in [0.25, 0.3) is 33.5 Å². The first-order valence-corrected chi connectivity index (χ1v) is 15.4. The topological polar surface area (TPSA) is 70.1 Å². The third-order valence-corrected chi connectivity index (χ3v) is 10.7. The molecule has 0 N–H and O–H groups in total. The van der Waals surface area contributed by atoms with Crippen molar-refractivity contribution in [1.29, 1.82) is 0 Å². The highest BCUT2D eigenvalue weighted by atomic mass is 16.5. The number of carbonyl (C=O) groups is 1. The molecule has 8 heteroatoms. The van der Waals surface area contributed by atoms with Gasteiger partial charge in [0.25, 0.3) is 5.91 Å². The van der Waals surface area contributed by atoms with Crippen LogP contribution < -0.4 is 4.74 Å². The molecule has 1 aliphatic heterocycles. The molecule has 2 aromatic carbocycles. The molecule has 0 bridgehead atoms. The average molecular weight is 561 g/mol. The molecule has 4 aliphatic rings. The Kier molecular flexibility index (Phi) is 5.09. The van der Waals surface area contributed by atoms with Gasteiger partial charge in [-0.25, -0.2) is 4.98 Å². The minimum absolute atomic E-state index is 0.120. The number of ether oxygens (including phenoxy) is 1. The molecule has 0 radical (unpaired) electrons. The maximum absolute atomic E-state index is 13.9. The largest absolute Gasteiger partial charge is 0.494 e. The number of likely N-dealkylation sites (tertiary alicyclic amines) is 1. The van der Waals surface area contributed by atoms with Gasteiger partial charge in [-0.3, -0.25) is 9.48 Å². The Morgan fingerprint density at radius 3 is 2.67 bits per heavy atom. The van der Waals surface area contributed by atoms with Crippen LogP contribution >= 0.6 is 0 Å². The molecule has 214 valence electrons. The van der Waals surface area contributed by atoms with E-state index in [1.165, 1.54) is 36.6 Å². The lowest BCUT2D eigenvalue weighted by molar-refractivity contribution is -0.0204. The van der Waals surface area contributed by atoms with Crippen molar-refractivity contribution in [2.24, 2.45) is 30.7 Å². The Hall–Kier alpha value is -4.07. The minimum Gasteiger partial charge on any atom is -0.494 e. The Morgan fingerprint density at radius 1 is 1.07 bits per heavy atom. The molecular weight excluding hydrogens is 524 g/mol. The van der Waals surface area contributed by atoms with Gasteiger partial charge in [0.15, 0.2) is 5.82 Å². The molecule has 1 saturated heterocycles. The lowest BCUT2D eigenvalue weighted by Gasteiger charge is -2.52. The van der Waals surface area contributed by atoms with E-state index < -0.39 is 0 Å². The number of methoxy groups -OCH3 is 1. The maximum atomic E-state index is 13.9. The van der Waals surface area contributed by atoms with Gasteiger partial charge in [0.05, 0.1) is 30.6 Å². The van der Waals surface area contributed by atoms with Crippen LogP contribution in [0.3, 0.4) is 0 Å². The molecule has 4 atom stereocenters. The molecule has 4 fully saturated rings. The van der Waals surface area contributed by atoms with Crippen molar-refractivity contribution in [1.82, 2.24) is 28.8 Å². The van der Waals surface area contributed by atoms with Gasteiger partial charge in [-0.05, 0) is 80.5 Å². The number of fused-ring (bicyclic) bond motifs is 2. The number of aryl methyl sites for hydroxylation is 2. The fraction of sp³-hybridized carbons (Fsp3) is 0.441. The summed E-state index contributed by atoms with van der Waals surface area (Å²) < 4.78 is 12.6. The highest BCUT2D eigenvalue weighted by Gasteiger charge is 2.61. The lowest BCUT2D eigenvalue weighted by atomic mass is 9.53. The molecule has 3 unspecified atom stereocenters. The van der Waals surface area contributed by atoms with Crippen LogP contribution in [0, 0.1) is 30.6 Å². The summed E-state index contributed by atoms with van der Waals surface area (Å²) in [6.07, 6.45) is 7.10. The number of para-hydroxylation sites is 1. The summed E-state index contributed by atoms with van der Waals surface area (Å²) in [7, 11) is 3.66. The van der Waals surface area contributed by atoms with E-state index in [2.05, 4.69) is 62.6 Å². The first-order chi connectivity index (χ1) is 20.5. The maximum Gasteiger partial charge on any atom is 0.254 e. The zero-order valence-electron chi connectivity index (χ0n) is 24.5. The van der Waals surface area contributed by atoms with Crippen LogP contribution in [0.5, 0.6) is 5.75 Å². The predicted molar refractivity (Wildman–Crippen MR) is 162 cm³/mol. The van der Waals surface area contributed by atoms with Crippen molar-refractivity contribution in [2.75, 3.05) is 13.7 Å². The number of nitrogens with zero attached hydrogens (tertiary/aromatic N) is 6. The van der Waals surface area contributed by atoms with Crippen LogP contribution in [0.2, 0.25) is 0 Å². The highest BCUT2D eigenvalue weighted by Crippen LogP contribution is 2.60. The van der Waals surface area contributed by atoms with E-state index in [9.17, 15) is 4.79 Å². The third-order valence-electron chi connectivity index (χ3n) is 10.7. The van der Waals surface area contributed by atoms with Gasteiger partial charge in [-0.15, -0.1) is 0 Å². The van der Waals surface area contributed by atoms with Gasteiger partial charge in [0.1, 0.15) is 11.3 Å². The fourth-order valence-corrected chi connectivity index (χ4v) is 8.35. The molecule has 0 spiro atoms. The van der Waals surface area contributed by atoms with E-state index in [1.54, 1.807) is 7.11 Å². The smallest absolute Gasteiger partial charge is 0.254 e. The van der Waals surface area contributed by atoms with Crippen molar-refractivity contribution in [3.05, 3.63) is 65.5 Å². The van der Waals surface area contributed by atoms with E-state index in [-0.39, 0.29) is 5.91 Å².